The molecule has 0 aliphatic rings. The van der Waals surface area contributed by atoms with Crippen LogP contribution in [0.3, 0.4) is 0 Å². The third kappa shape index (κ3) is 4.72. The molecule has 0 spiro atoms. The molecular formula is C18H19ClN6O4. The van der Waals surface area contributed by atoms with Crippen molar-refractivity contribution in [3.63, 3.8) is 0 Å². The lowest BCUT2D eigenvalue weighted by molar-refractivity contribution is -0.386. The number of aromatic nitrogens is 4. The number of amides is 1. The van der Waals surface area contributed by atoms with E-state index in [0.717, 1.165) is 0 Å². The van der Waals surface area contributed by atoms with Crippen molar-refractivity contribution in [1.29, 1.82) is 0 Å². The van der Waals surface area contributed by atoms with E-state index in [1.54, 1.807) is 50.4 Å². The Labute approximate surface area is 171 Å². The van der Waals surface area contributed by atoms with Gasteiger partial charge in [-0.1, -0.05) is 23.7 Å². The number of para-hydroxylation sites is 1. The van der Waals surface area contributed by atoms with Gasteiger partial charge >= 0.3 is 5.69 Å². The normalized spacial score (nSPS) is 10.7. The van der Waals surface area contributed by atoms with Crippen LogP contribution in [0.25, 0.3) is 0 Å². The molecule has 0 atom stereocenters. The smallest absolute Gasteiger partial charge is 0.312 e. The van der Waals surface area contributed by atoms with Gasteiger partial charge in [-0.25, -0.2) is 4.68 Å². The Balaban J connectivity index is 1.52. The number of nitro groups is 1. The lowest BCUT2D eigenvalue weighted by Crippen LogP contribution is -2.28. The molecule has 0 aliphatic heterocycles. The van der Waals surface area contributed by atoms with Gasteiger partial charge in [0, 0.05) is 12.7 Å². The number of hydrogen-bond acceptors (Lipinski definition) is 6. The Morgan fingerprint density at radius 2 is 2.03 bits per heavy atom. The number of carbonyl (C=O) groups excluding carboxylic acids is 1. The van der Waals surface area contributed by atoms with E-state index in [1.807, 2.05) is 0 Å². The first kappa shape index (κ1) is 20.3. The second kappa shape index (κ2) is 8.74. The maximum absolute atomic E-state index is 12.3. The molecule has 3 aromatic rings. The van der Waals surface area contributed by atoms with E-state index in [0.29, 0.717) is 28.7 Å². The van der Waals surface area contributed by atoms with E-state index in [-0.39, 0.29) is 30.6 Å². The molecule has 152 valence electrons. The van der Waals surface area contributed by atoms with E-state index in [4.69, 9.17) is 16.3 Å². The Morgan fingerprint density at radius 3 is 2.72 bits per heavy atom. The number of nitrogens with zero attached hydrogens (tertiary/aromatic N) is 5. The Morgan fingerprint density at radius 1 is 1.28 bits per heavy atom. The second-order valence-electron chi connectivity index (χ2n) is 6.20. The van der Waals surface area contributed by atoms with E-state index < -0.39 is 4.92 Å². The fourth-order valence-electron chi connectivity index (χ4n) is 2.79. The van der Waals surface area contributed by atoms with Crippen LogP contribution < -0.4 is 10.1 Å². The SMILES string of the molecule is Cc1nn(CCNC(=O)c2ccn(COc3ccccc3Cl)n2)c(C)c1[N+](=O)[O-]. The predicted octanol–water partition coefficient (Wildman–Crippen LogP) is 2.72. The zero-order valence-electron chi connectivity index (χ0n) is 15.8. The summed E-state index contributed by atoms with van der Waals surface area (Å²) in [6, 6.07) is 8.63. The van der Waals surface area contributed by atoms with Gasteiger partial charge in [0.25, 0.3) is 5.91 Å². The maximum Gasteiger partial charge on any atom is 0.312 e. The average molecular weight is 419 g/mol. The van der Waals surface area contributed by atoms with Crippen LogP contribution in [0.15, 0.2) is 36.5 Å². The van der Waals surface area contributed by atoms with Gasteiger partial charge in [0.05, 0.1) is 16.5 Å². The van der Waals surface area contributed by atoms with Crippen LogP contribution in [-0.4, -0.2) is 36.9 Å². The maximum atomic E-state index is 12.3. The van der Waals surface area contributed by atoms with Crippen LogP contribution in [0.5, 0.6) is 5.75 Å². The fraction of sp³-hybridized carbons (Fsp3) is 0.278. The van der Waals surface area contributed by atoms with Gasteiger partial charge < -0.3 is 10.1 Å². The molecule has 0 fully saturated rings. The van der Waals surface area contributed by atoms with Crippen molar-refractivity contribution in [1.82, 2.24) is 24.9 Å². The molecule has 2 aromatic heterocycles. The topological polar surface area (TPSA) is 117 Å². The number of carbonyl (C=O) groups is 1. The van der Waals surface area contributed by atoms with E-state index in [9.17, 15) is 14.9 Å². The van der Waals surface area contributed by atoms with E-state index >= 15 is 0 Å². The molecule has 1 amide bonds. The molecule has 0 saturated heterocycles. The minimum absolute atomic E-state index is 0.00594. The van der Waals surface area contributed by atoms with Gasteiger partial charge in [0.15, 0.2) is 6.73 Å². The summed E-state index contributed by atoms with van der Waals surface area (Å²) in [4.78, 5) is 22.8. The van der Waals surface area contributed by atoms with Crippen molar-refractivity contribution < 1.29 is 14.5 Å². The van der Waals surface area contributed by atoms with Crippen molar-refractivity contribution >= 4 is 23.2 Å². The summed E-state index contributed by atoms with van der Waals surface area (Å²) in [6.45, 7) is 3.87. The lowest BCUT2D eigenvalue weighted by atomic mass is 10.3. The number of hydrogen-bond donors (Lipinski definition) is 1. The van der Waals surface area contributed by atoms with Gasteiger partial charge in [-0.15, -0.1) is 0 Å². The first-order chi connectivity index (χ1) is 13.9. The molecule has 10 nitrogen and oxygen atoms in total. The molecule has 0 aliphatic carbocycles. The summed E-state index contributed by atoms with van der Waals surface area (Å²) in [5.74, 6) is 0.159. The standard InChI is InChI=1S/C18H19ClN6O4/c1-12-17(25(27)28)13(2)24(21-12)10-8-20-18(26)15-7-9-23(22-15)11-29-16-6-4-3-5-14(16)19/h3-7,9H,8,10-11H2,1-2H3,(H,20,26). The number of aryl methyl sites for hydroxylation is 1. The first-order valence-electron chi connectivity index (χ1n) is 8.74. The van der Waals surface area contributed by atoms with Crippen LogP contribution >= 0.6 is 11.6 Å². The predicted molar refractivity (Wildman–Crippen MR) is 105 cm³/mol. The van der Waals surface area contributed by atoms with Gasteiger partial charge in [-0.05, 0) is 32.0 Å². The van der Waals surface area contributed by atoms with Crippen molar-refractivity contribution in [2.75, 3.05) is 6.54 Å². The first-order valence-corrected chi connectivity index (χ1v) is 9.12. The quantitative estimate of drug-likeness (QED) is 0.444. The highest BCUT2D eigenvalue weighted by atomic mass is 35.5. The Bertz CT molecular complexity index is 1040. The zero-order chi connectivity index (χ0) is 21.0. The number of benzene rings is 1. The van der Waals surface area contributed by atoms with Crippen molar-refractivity contribution in [3.8, 4) is 5.75 Å². The van der Waals surface area contributed by atoms with Crippen LogP contribution in [0.4, 0.5) is 5.69 Å². The van der Waals surface area contributed by atoms with E-state index in [1.165, 1.54) is 9.36 Å². The molecule has 0 radical (unpaired) electrons. The second-order valence-corrected chi connectivity index (χ2v) is 6.61. The highest BCUT2D eigenvalue weighted by Gasteiger charge is 2.21. The van der Waals surface area contributed by atoms with Crippen LogP contribution in [0.2, 0.25) is 5.02 Å². The molecule has 11 heteroatoms. The van der Waals surface area contributed by atoms with Gasteiger partial charge in [0.1, 0.15) is 22.8 Å². The third-order valence-electron chi connectivity index (χ3n) is 4.20. The molecule has 1 N–H and O–H groups in total. The number of nitrogens with one attached hydrogen (secondary N) is 1. The third-order valence-corrected chi connectivity index (χ3v) is 4.51. The summed E-state index contributed by atoms with van der Waals surface area (Å²) >= 11 is 6.03. The Hall–Kier alpha value is -3.40. The molecule has 0 bridgehead atoms. The highest BCUT2D eigenvalue weighted by Crippen LogP contribution is 2.23. The average Bonchev–Trinajstić information content (AvgIpc) is 3.25. The van der Waals surface area contributed by atoms with Crippen LogP contribution in [-0.2, 0) is 13.3 Å². The number of halogens is 1. The van der Waals surface area contributed by atoms with Crippen molar-refractivity contribution in [2.45, 2.75) is 27.1 Å². The molecule has 2 heterocycles. The summed E-state index contributed by atoms with van der Waals surface area (Å²) in [5.41, 5.74) is 1.01. The van der Waals surface area contributed by atoms with Gasteiger partial charge in [-0.3, -0.25) is 19.6 Å². The largest absolute Gasteiger partial charge is 0.470 e. The minimum atomic E-state index is -0.454. The van der Waals surface area contributed by atoms with Crippen molar-refractivity contribution in [3.05, 3.63) is 68.7 Å². The van der Waals surface area contributed by atoms with Crippen LogP contribution in [0, 0.1) is 24.0 Å². The van der Waals surface area contributed by atoms with E-state index in [2.05, 4.69) is 15.5 Å². The molecule has 0 saturated carbocycles. The van der Waals surface area contributed by atoms with Crippen molar-refractivity contribution in [2.24, 2.45) is 0 Å². The fourth-order valence-corrected chi connectivity index (χ4v) is 2.98. The van der Waals surface area contributed by atoms with Gasteiger partial charge in [-0.2, -0.15) is 10.2 Å². The molecule has 0 unspecified atom stereocenters. The minimum Gasteiger partial charge on any atom is -0.470 e. The highest BCUT2D eigenvalue weighted by molar-refractivity contribution is 6.32. The molecule has 29 heavy (non-hydrogen) atoms. The number of ether oxygens (including phenoxy) is 1. The molecule has 3 rings (SSSR count). The summed E-state index contributed by atoms with van der Waals surface area (Å²) in [7, 11) is 0. The summed E-state index contributed by atoms with van der Waals surface area (Å²) < 4.78 is 8.55. The lowest BCUT2D eigenvalue weighted by Gasteiger charge is -2.07. The van der Waals surface area contributed by atoms with Crippen LogP contribution in [0.1, 0.15) is 21.9 Å². The Kier molecular flexibility index (Phi) is 6.13. The number of rotatable bonds is 8. The van der Waals surface area contributed by atoms with Gasteiger partial charge in [0.2, 0.25) is 0 Å². The zero-order valence-corrected chi connectivity index (χ0v) is 16.6. The molecular weight excluding hydrogens is 400 g/mol. The monoisotopic (exact) mass is 418 g/mol. The molecule has 1 aromatic carbocycles. The summed E-state index contributed by atoms with van der Waals surface area (Å²) in [5, 5.41) is 22.6. The summed E-state index contributed by atoms with van der Waals surface area (Å²) in [6.07, 6.45) is 1.62.